The molecule has 0 bridgehead atoms. The van der Waals surface area contributed by atoms with Gasteiger partial charge in [0.15, 0.2) is 0 Å². The number of hydrogen-bond donors (Lipinski definition) is 3. The van der Waals surface area contributed by atoms with Crippen molar-refractivity contribution >= 4 is 29.1 Å². The van der Waals surface area contributed by atoms with Crippen molar-refractivity contribution in [2.24, 2.45) is 4.99 Å². The molecule has 0 spiro atoms. The van der Waals surface area contributed by atoms with Gasteiger partial charge in [0.1, 0.15) is 5.84 Å². The Morgan fingerprint density at radius 2 is 1.74 bits per heavy atom. The van der Waals surface area contributed by atoms with E-state index in [2.05, 4.69) is 17.6 Å². The standard InChI is InChI=1S/C21H24ClN3O2/c1-4-19(14(2)23-3)20(24-13-15-5-9-17(22)10-6-15)25-18-11-7-16(8-12-18)21(26)27/h5-12,23H,4,13H2,1-3H3,(H,24,25)(H,26,27)/b19-14-. The Kier molecular flexibility index (Phi) is 7.44. The summed E-state index contributed by atoms with van der Waals surface area (Å²) in [6.07, 6.45) is 0.798. The van der Waals surface area contributed by atoms with E-state index in [4.69, 9.17) is 21.7 Å². The molecule has 142 valence electrons. The predicted molar refractivity (Wildman–Crippen MR) is 112 cm³/mol. The number of nitrogens with one attached hydrogen (secondary N) is 2. The maximum atomic E-state index is 11.0. The molecule has 0 radical (unpaired) electrons. The molecule has 2 aromatic rings. The molecule has 0 atom stereocenters. The Morgan fingerprint density at radius 1 is 1.11 bits per heavy atom. The molecule has 27 heavy (non-hydrogen) atoms. The number of benzene rings is 2. The molecule has 0 aromatic heterocycles. The molecule has 3 N–H and O–H groups in total. The largest absolute Gasteiger partial charge is 0.478 e. The topological polar surface area (TPSA) is 73.7 Å². The van der Waals surface area contributed by atoms with Crippen LogP contribution in [0.3, 0.4) is 0 Å². The molecule has 2 aromatic carbocycles. The molecule has 0 aliphatic heterocycles. The van der Waals surface area contributed by atoms with Gasteiger partial charge in [0, 0.05) is 29.0 Å². The number of anilines is 1. The van der Waals surface area contributed by atoms with Crippen LogP contribution in [-0.4, -0.2) is 24.0 Å². The van der Waals surface area contributed by atoms with E-state index in [1.54, 1.807) is 24.3 Å². The zero-order valence-electron chi connectivity index (χ0n) is 15.7. The van der Waals surface area contributed by atoms with Crippen LogP contribution in [0.25, 0.3) is 0 Å². The zero-order chi connectivity index (χ0) is 19.8. The number of carboxylic acid groups (broad SMARTS) is 1. The Balaban J connectivity index is 2.32. The highest BCUT2D eigenvalue weighted by Crippen LogP contribution is 2.17. The summed E-state index contributed by atoms with van der Waals surface area (Å²) in [4.78, 5) is 15.8. The van der Waals surface area contributed by atoms with Gasteiger partial charge < -0.3 is 15.7 Å². The minimum absolute atomic E-state index is 0.248. The van der Waals surface area contributed by atoms with Gasteiger partial charge in [0.05, 0.1) is 12.1 Å². The first-order valence-electron chi connectivity index (χ1n) is 8.71. The van der Waals surface area contributed by atoms with Crippen LogP contribution >= 0.6 is 11.6 Å². The van der Waals surface area contributed by atoms with Crippen LogP contribution in [0, 0.1) is 0 Å². The maximum absolute atomic E-state index is 11.0. The van der Waals surface area contributed by atoms with Crippen molar-refractivity contribution in [2.75, 3.05) is 12.4 Å². The minimum atomic E-state index is -0.946. The molecule has 0 aliphatic rings. The summed E-state index contributed by atoms with van der Waals surface area (Å²) < 4.78 is 0. The number of carbonyl (C=O) groups is 1. The molecule has 0 saturated carbocycles. The summed E-state index contributed by atoms with van der Waals surface area (Å²) >= 11 is 5.94. The quantitative estimate of drug-likeness (QED) is 0.465. The Bertz CT molecular complexity index is 841. The van der Waals surface area contributed by atoms with E-state index in [0.29, 0.717) is 11.6 Å². The lowest BCUT2D eigenvalue weighted by atomic mass is 10.1. The van der Waals surface area contributed by atoms with Crippen molar-refractivity contribution in [3.63, 3.8) is 0 Å². The monoisotopic (exact) mass is 385 g/mol. The van der Waals surface area contributed by atoms with Gasteiger partial charge in [-0.15, -0.1) is 0 Å². The second kappa shape index (κ2) is 9.78. The molecule has 2 rings (SSSR count). The normalized spacial score (nSPS) is 12.4. The second-order valence-electron chi connectivity index (χ2n) is 6.01. The molecule has 0 unspecified atom stereocenters. The lowest BCUT2D eigenvalue weighted by molar-refractivity contribution is 0.0697. The fourth-order valence-corrected chi connectivity index (χ4v) is 2.69. The first-order valence-corrected chi connectivity index (χ1v) is 9.09. The third-order valence-corrected chi connectivity index (χ3v) is 4.45. The van der Waals surface area contributed by atoms with E-state index in [0.717, 1.165) is 34.8 Å². The number of hydrogen-bond acceptors (Lipinski definition) is 3. The Hall–Kier alpha value is -2.79. The molecule has 0 aliphatic carbocycles. The van der Waals surface area contributed by atoms with Crippen molar-refractivity contribution in [3.05, 3.63) is 76.0 Å². The van der Waals surface area contributed by atoms with Crippen molar-refractivity contribution < 1.29 is 9.90 Å². The molecule has 0 amide bonds. The lowest BCUT2D eigenvalue weighted by Gasteiger charge is -2.16. The number of halogens is 1. The van der Waals surface area contributed by atoms with Gasteiger partial charge in [0.2, 0.25) is 0 Å². The SMILES string of the molecule is CC/C(C(=NCc1ccc(Cl)cc1)Nc1ccc(C(=O)O)cc1)=C(\C)NC. The summed E-state index contributed by atoms with van der Waals surface area (Å²) in [7, 11) is 1.88. The number of allylic oxidation sites excluding steroid dienone is 1. The molecule has 0 saturated heterocycles. The first kappa shape index (κ1) is 20.5. The molecule has 6 heteroatoms. The first-order chi connectivity index (χ1) is 12.9. The second-order valence-corrected chi connectivity index (χ2v) is 6.44. The number of aliphatic imine (C=N–C) groups is 1. The van der Waals surface area contributed by atoms with Crippen LogP contribution < -0.4 is 10.6 Å². The van der Waals surface area contributed by atoms with Gasteiger partial charge in [-0.3, -0.25) is 4.99 Å². The highest BCUT2D eigenvalue weighted by molar-refractivity contribution is 6.30. The summed E-state index contributed by atoms with van der Waals surface area (Å²) in [5, 5.41) is 16.2. The molecular weight excluding hydrogens is 362 g/mol. The number of rotatable bonds is 7. The molecule has 0 fully saturated rings. The van der Waals surface area contributed by atoms with E-state index in [9.17, 15) is 4.79 Å². The molecule has 0 heterocycles. The van der Waals surface area contributed by atoms with E-state index in [1.807, 2.05) is 38.2 Å². The number of aromatic carboxylic acids is 1. The van der Waals surface area contributed by atoms with Crippen LogP contribution in [0.2, 0.25) is 5.02 Å². The van der Waals surface area contributed by atoms with Crippen molar-refractivity contribution in [2.45, 2.75) is 26.8 Å². The van der Waals surface area contributed by atoms with Crippen molar-refractivity contribution in [1.29, 1.82) is 0 Å². The Morgan fingerprint density at radius 3 is 2.26 bits per heavy atom. The van der Waals surface area contributed by atoms with Gasteiger partial charge in [0.25, 0.3) is 0 Å². The molecular formula is C21H24ClN3O2. The van der Waals surface area contributed by atoms with Crippen LogP contribution in [0.4, 0.5) is 5.69 Å². The van der Waals surface area contributed by atoms with Gasteiger partial charge in [-0.25, -0.2) is 4.79 Å². The van der Waals surface area contributed by atoms with Gasteiger partial charge in [-0.05, 0) is 55.3 Å². The fourth-order valence-electron chi connectivity index (χ4n) is 2.56. The minimum Gasteiger partial charge on any atom is -0.478 e. The van der Waals surface area contributed by atoms with Crippen LogP contribution in [-0.2, 0) is 6.54 Å². The average Bonchev–Trinajstić information content (AvgIpc) is 2.67. The zero-order valence-corrected chi connectivity index (χ0v) is 16.5. The average molecular weight is 386 g/mol. The van der Waals surface area contributed by atoms with E-state index >= 15 is 0 Å². The van der Waals surface area contributed by atoms with Crippen LogP contribution in [0.5, 0.6) is 0 Å². The maximum Gasteiger partial charge on any atom is 0.335 e. The number of amidine groups is 1. The predicted octanol–water partition coefficient (Wildman–Crippen LogP) is 4.95. The third-order valence-electron chi connectivity index (χ3n) is 4.19. The van der Waals surface area contributed by atoms with Gasteiger partial charge in [-0.1, -0.05) is 30.7 Å². The van der Waals surface area contributed by atoms with E-state index in [-0.39, 0.29) is 5.56 Å². The van der Waals surface area contributed by atoms with Crippen LogP contribution in [0.15, 0.2) is 64.8 Å². The third kappa shape index (κ3) is 5.86. The van der Waals surface area contributed by atoms with Crippen molar-refractivity contribution in [1.82, 2.24) is 5.32 Å². The summed E-state index contributed by atoms with van der Waals surface area (Å²) in [6.45, 7) is 4.59. The number of nitrogens with zero attached hydrogens (tertiary/aromatic N) is 1. The highest BCUT2D eigenvalue weighted by Gasteiger charge is 2.10. The lowest BCUT2D eigenvalue weighted by Crippen LogP contribution is -2.20. The van der Waals surface area contributed by atoms with Crippen molar-refractivity contribution in [3.8, 4) is 0 Å². The van der Waals surface area contributed by atoms with Gasteiger partial charge in [-0.2, -0.15) is 0 Å². The van der Waals surface area contributed by atoms with E-state index < -0.39 is 5.97 Å². The number of carboxylic acids is 1. The Labute approximate surface area is 164 Å². The summed E-state index contributed by atoms with van der Waals surface area (Å²) in [5.41, 5.74) is 4.18. The summed E-state index contributed by atoms with van der Waals surface area (Å²) in [5.74, 6) is -0.194. The smallest absolute Gasteiger partial charge is 0.335 e. The highest BCUT2D eigenvalue weighted by atomic mass is 35.5. The van der Waals surface area contributed by atoms with Crippen LogP contribution in [0.1, 0.15) is 36.2 Å². The fraction of sp³-hybridized carbons (Fsp3) is 0.238. The molecule has 5 nitrogen and oxygen atoms in total. The van der Waals surface area contributed by atoms with E-state index in [1.165, 1.54) is 0 Å². The van der Waals surface area contributed by atoms with Gasteiger partial charge >= 0.3 is 5.97 Å². The summed E-state index contributed by atoms with van der Waals surface area (Å²) in [6, 6.07) is 14.2.